The van der Waals surface area contributed by atoms with Crippen LogP contribution in [0.3, 0.4) is 0 Å². The van der Waals surface area contributed by atoms with Gasteiger partial charge in [-0.15, -0.1) is 0 Å². The van der Waals surface area contributed by atoms with Crippen LogP contribution in [0.1, 0.15) is 45.6 Å². The second kappa shape index (κ2) is 7.08. The molecule has 0 radical (unpaired) electrons. The molecule has 1 aliphatic rings. The second-order valence-corrected chi connectivity index (χ2v) is 7.41. The first-order chi connectivity index (χ1) is 9.85. The van der Waals surface area contributed by atoms with Gasteiger partial charge in [-0.1, -0.05) is 24.1 Å². The first-order valence-corrected chi connectivity index (χ1v) is 8.16. The fourth-order valence-electron chi connectivity index (χ4n) is 2.80. The van der Waals surface area contributed by atoms with Crippen LogP contribution >= 0.6 is 11.6 Å². The van der Waals surface area contributed by atoms with Crippen molar-refractivity contribution in [2.45, 2.75) is 58.2 Å². The molecule has 1 atom stereocenters. The maximum atomic E-state index is 13.6. The van der Waals surface area contributed by atoms with E-state index >= 15 is 0 Å². The minimum atomic E-state index is -0.324. The molecule has 1 N–H and O–H groups in total. The van der Waals surface area contributed by atoms with Crippen molar-refractivity contribution in [3.05, 3.63) is 34.6 Å². The lowest BCUT2D eigenvalue weighted by atomic mass is 9.99. The van der Waals surface area contributed by atoms with Crippen molar-refractivity contribution < 1.29 is 4.39 Å². The van der Waals surface area contributed by atoms with Crippen LogP contribution in [-0.2, 0) is 6.54 Å². The van der Waals surface area contributed by atoms with Crippen molar-refractivity contribution >= 4 is 11.6 Å². The van der Waals surface area contributed by atoms with Crippen molar-refractivity contribution in [2.75, 3.05) is 13.1 Å². The Bertz CT molecular complexity index is 470. The van der Waals surface area contributed by atoms with Gasteiger partial charge in [-0.25, -0.2) is 4.39 Å². The molecular weight excluding hydrogens is 287 g/mol. The van der Waals surface area contributed by atoms with Gasteiger partial charge in [0.1, 0.15) is 5.82 Å². The fourth-order valence-corrected chi connectivity index (χ4v) is 2.91. The molecule has 1 heterocycles. The molecule has 1 aliphatic heterocycles. The molecule has 0 amide bonds. The molecule has 1 aromatic carbocycles. The normalized spacial score (nSPS) is 20.7. The fraction of sp³-hybridized carbons (Fsp3) is 0.647. The number of benzene rings is 1. The summed E-state index contributed by atoms with van der Waals surface area (Å²) < 4.78 is 13.6. The van der Waals surface area contributed by atoms with E-state index in [1.807, 2.05) is 6.07 Å². The van der Waals surface area contributed by atoms with Crippen LogP contribution in [0.25, 0.3) is 0 Å². The second-order valence-electron chi connectivity index (χ2n) is 7.00. The van der Waals surface area contributed by atoms with E-state index in [0.29, 0.717) is 6.04 Å². The van der Waals surface area contributed by atoms with Crippen molar-refractivity contribution in [1.82, 2.24) is 10.2 Å². The molecule has 0 spiro atoms. The molecule has 0 bridgehead atoms. The largest absolute Gasteiger partial charge is 0.311 e. The Morgan fingerprint density at radius 2 is 2.10 bits per heavy atom. The number of nitrogens with zero attached hydrogens (tertiary/aromatic N) is 1. The quantitative estimate of drug-likeness (QED) is 0.895. The van der Waals surface area contributed by atoms with Crippen LogP contribution in [0, 0.1) is 5.82 Å². The average Bonchev–Trinajstić information content (AvgIpc) is 2.41. The highest BCUT2D eigenvalue weighted by Crippen LogP contribution is 2.22. The summed E-state index contributed by atoms with van der Waals surface area (Å²) in [6.45, 7) is 9.43. The highest BCUT2D eigenvalue weighted by molar-refractivity contribution is 6.30. The van der Waals surface area contributed by atoms with Crippen LogP contribution < -0.4 is 5.32 Å². The lowest BCUT2D eigenvalue weighted by Gasteiger charge is -2.37. The number of rotatable bonds is 4. The standard InChI is InChI=1S/C17H26ClFN2/c1-17(2,3)20-11-14-6-4-5-9-21(14)12-13-7-8-15(18)16(19)10-13/h7-8,10,14,20H,4-6,9,11-12H2,1-3H3. The minimum Gasteiger partial charge on any atom is -0.311 e. The highest BCUT2D eigenvalue weighted by atomic mass is 35.5. The van der Waals surface area contributed by atoms with Gasteiger partial charge < -0.3 is 5.32 Å². The summed E-state index contributed by atoms with van der Waals surface area (Å²) in [7, 11) is 0. The molecule has 1 unspecified atom stereocenters. The molecule has 2 rings (SSSR count). The summed E-state index contributed by atoms with van der Waals surface area (Å²) in [5.41, 5.74) is 1.13. The molecular formula is C17H26ClFN2. The van der Waals surface area contributed by atoms with Crippen molar-refractivity contribution in [3.63, 3.8) is 0 Å². The Labute approximate surface area is 132 Å². The summed E-state index contributed by atoms with van der Waals surface area (Å²) in [5.74, 6) is -0.324. The molecule has 0 aliphatic carbocycles. The Balaban J connectivity index is 1.99. The average molecular weight is 313 g/mol. The number of likely N-dealkylation sites (tertiary alicyclic amines) is 1. The van der Waals surface area contributed by atoms with Gasteiger partial charge in [-0.3, -0.25) is 4.90 Å². The SMILES string of the molecule is CC(C)(C)NCC1CCCCN1Cc1ccc(Cl)c(F)c1. The Morgan fingerprint density at radius 3 is 2.76 bits per heavy atom. The van der Waals surface area contributed by atoms with Gasteiger partial charge in [0.15, 0.2) is 0 Å². The Kier molecular flexibility index (Phi) is 5.64. The van der Waals surface area contributed by atoms with E-state index in [2.05, 4.69) is 31.0 Å². The lowest BCUT2D eigenvalue weighted by molar-refractivity contribution is 0.131. The predicted molar refractivity (Wildman–Crippen MR) is 87.2 cm³/mol. The van der Waals surface area contributed by atoms with Crippen molar-refractivity contribution in [1.29, 1.82) is 0 Å². The first-order valence-electron chi connectivity index (χ1n) is 7.78. The van der Waals surface area contributed by atoms with Crippen molar-refractivity contribution in [3.8, 4) is 0 Å². The van der Waals surface area contributed by atoms with Crippen LogP contribution in [0.15, 0.2) is 18.2 Å². The van der Waals surface area contributed by atoms with Gasteiger partial charge >= 0.3 is 0 Å². The first kappa shape index (κ1) is 16.7. The third kappa shape index (κ3) is 5.24. The van der Waals surface area contributed by atoms with E-state index in [1.54, 1.807) is 12.1 Å². The van der Waals surface area contributed by atoms with Crippen LogP contribution in [0.4, 0.5) is 4.39 Å². The maximum absolute atomic E-state index is 13.6. The smallest absolute Gasteiger partial charge is 0.142 e. The zero-order chi connectivity index (χ0) is 15.5. The zero-order valence-corrected chi connectivity index (χ0v) is 14.0. The summed E-state index contributed by atoms with van der Waals surface area (Å²) in [6, 6.07) is 5.66. The van der Waals surface area contributed by atoms with Crippen molar-refractivity contribution in [2.24, 2.45) is 0 Å². The molecule has 1 saturated heterocycles. The number of hydrogen-bond acceptors (Lipinski definition) is 2. The number of piperidine rings is 1. The molecule has 1 fully saturated rings. The summed E-state index contributed by atoms with van der Waals surface area (Å²) >= 11 is 5.75. The van der Waals surface area contributed by atoms with E-state index in [-0.39, 0.29) is 16.4 Å². The number of nitrogens with one attached hydrogen (secondary N) is 1. The topological polar surface area (TPSA) is 15.3 Å². The zero-order valence-electron chi connectivity index (χ0n) is 13.3. The van der Waals surface area contributed by atoms with Gasteiger partial charge in [-0.2, -0.15) is 0 Å². The number of hydrogen-bond donors (Lipinski definition) is 1. The van der Waals surface area contributed by atoms with Gasteiger partial charge in [0.25, 0.3) is 0 Å². The molecule has 2 nitrogen and oxygen atoms in total. The van der Waals surface area contributed by atoms with Crippen LogP contribution in [0.2, 0.25) is 5.02 Å². The van der Waals surface area contributed by atoms with Crippen LogP contribution in [-0.4, -0.2) is 29.6 Å². The Morgan fingerprint density at radius 1 is 1.33 bits per heavy atom. The van der Waals surface area contributed by atoms with E-state index in [1.165, 1.54) is 19.3 Å². The maximum Gasteiger partial charge on any atom is 0.142 e. The van der Waals surface area contributed by atoms with E-state index < -0.39 is 0 Å². The molecule has 0 aromatic heterocycles. The van der Waals surface area contributed by atoms with Gasteiger partial charge in [0.05, 0.1) is 5.02 Å². The monoisotopic (exact) mass is 312 g/mol. The summed E-state index contributed by atoms with van der Waals surface area (Å²) in [6.07, 6.45) is 3.71. The van der Waals surface area contributed by atoms with Gasteiger partial charge in [-0.05, 0) is 57.9 Å². The molecule has 1 aromatic rings. The van der Waals surface area contributed by atoms with Crippen LogP contribution in [0.5, 0.6) is 0 Å². The molecule has 21 heavy (non-hydrogen) atoms. The van der Waals surface area contributed by atoms with E-state index in [9.17, 15) is 4.39 Å². The minimum absolute atomic E-state index is 0.134. The third-order valence-corrected chi connectivity index (χ3v) is 4.29. The lowest BCUT2D eigenvalue weighted by Crippen LogP contribution is -2.49. The third-order valence-electron chi connectivity index (χ3n) is 3.99. The summed E-state index contributed by atoms with van der Waals surface area (Å²) in [4.78, 5) is 2.46. The predicted octanol–water partition coefficient (Wildman–Crippen LogP) is 4.22. The van der Waals surface area contributed by atoms with E-state index in [4.69, 9.17) is 11.6 Å². The molecule has 4 heteroatoms. The van der Waals surface area contributed by atoms with Gasteiger partial charge in [0, 0.05) is 24.7 Å². The highest BCUT2D eigenvalue weighted by Gasteiger charge is 2.24. The number of halogens is 2. The molecule has 118 valence electrons. The molecule has 0 saturated carbocycles. The van der Waals surface area contributed by atoms with E-state index in [0.717, 1.165) is 25.2 Å². The van der Waals surface area contributed by atoms with Gasteiger partial charge in [0.2, 0.25) is 0 Å². The summed E-state index contributed by atoms with van der Waals surface area (Å²) in [5, 5.41) is 3.79. The Hall–Kier alpha value is -0.640.